The molecule has 0 fully saturated rings. The van der Waals surface area contributed by atoms with Gasteiger partial charge in [-0.15, -0.1) is 0 Å². The standard InChI is InChI=1S/C15H11BrClFO2/c1-9(15(19)10-2-5-12(18)6-3-10)20-14-8-11(16)4-7-13(14)17/h2-9H,1H3. The van der Waals surface area contributed by atoms with Crippen molar-refractivity contribution in [3.8, 4) is 5.75 Å². The van der Waals surface area contributed by atoms with Gasteiger partial charge >= 0.3 is 0 Å². The van der Waals surface area contributed by atoms with E-state index in [1.54, 1.807) is 25.1 Å². The van der Waals surface area contributed by atoms with Crippen LogP contribution in [0, 0.1) is 5.82 Å². The Hall–Kier alpha value is -1.39. The molecule has 2 aromatic carbocycles. The average molecular weight is 358 g/mol. The molecule has 2 nitrogen and oxygen atoms in total. The Morgan fingerprint density at radius 1 is 1.25 bits per heavy atom. The highest BCUT2D eigenvalue weighted by Crippen LogP contribution is 2.29. The Balaban J connectivity index is 2.15. The number of ketones is 1. The molecular formula is C15H11BrClFO2. The molecule has 104 valence electrons. The third kappa shape index (κ3) is 3.58. The number of hydrogen-bond donors (Lipinski definition) is 0. The summed E-state index contributed by atoms with van der Waals surface area (Å²) in [4.78, 5) is 12.2. The van der Waals surface area contributed by atoms with E-state index in [9.17, 15) is 9.18 Å². The molecule has 0 amide bonds. The maximum Gasteiger partial charge on any atom is 0.202 e. The van der Waals surface area contributed by atoms with Crippen molar-refractivity contribution >= 4 is 33.3 Å². The molecule has 0 aliphatic carbocycles. The molecule has 20 heavy (non-hydrogen) atoms. The van der Waals surface area contributed by atoms with Crippen LogP contribution in [0.1, 0.15) is 17.3 Å². The lowest BCUT2D eigenvalue weighted by atomic mass is 10.1. The van der Waals surface area contributed by atoms with Crippen molar-refractivity contribution in [1.29, 1.82) is 0 Å². The summed E-state index contributed by atoms with van der Waals surface area (Å²) in [5.41, 5.74) is 0.394. The molecule has 1 atom stereocenters. The van der Waals surface area contributed by atoms with E-state index in [0.717, 1.165) is 4.47 Å². The Morgan fingerprint density at radius 2 is 1.90 bits per heavy atom. The average Bonchev–Trinajstić information content (AvgIpc) is 2.43. The van der Waals surface area contributed by atoms with E-state index in [2.05, 4.69) is 15.9 Å². The minimum absolute atomic E-state index is 0.235. The van der Waals surface area contributed by atoms with Crippen LogP contribution < -0.4 is 4.74 Å². The van der Waals surface area contributed by atoms with Crippen LogP contribution >= 0.6 is 27.5 Å². The fourth-order valence-electron chi connectivity index (χ4n) is 1.66. The summed E-state index contributed by atoms with van der Waals surface area (Å²) in [5.74, 6) is -0.199. The van der Waals surface area contributed by atoms with Crippen LogP contribution in [0.4, 0.5) is 4.39 Å². The van der Waals surface area contributed by atoms with Crippen molar-refractivity contribution in [1.82, 2.24) is 0 Å². The SMILES string of the molecule is CC(Oc1cc(Br)ccc1Cl)C(=O)c1ccc(F)cc1. The predicted molar refractivity (Wildman–Crippen MR) is 80.0 cm³/mol. The lowest BCUT2D eigenvalue weighted by Gasteiger charge is -2.15. The maximum absolute atomic E-state index is 12.8. The summed E-state index contributed by atoms with van der Waals surface area (Å²) in [7, 11) is 0. The monoisotopic (exact) mass is 356 g/mol. The van der Waals surface area contributed by atoms with Crippen LogP contribution in [0.5, 0.6) is 5.75 Å². The molecule has 5 heteroatoms. The van der Waals surface area contributed by atoms with E-state index < -0.39 is 6.10 Å². The summed E-state index contributed by atoms with van der Waals surface area (Å²) in [6.07, 6.45) is -0.715. The van der Waals surface area contributed by atoms with Crippen molar-refractivity contribution in [2.24, 2.45) is 0 Å². The smallest absolute Gasteiger partial charge is 0.202 e. The molecular weight excluding hydrogens is 347 g/mol. The summed E-state index contributed by atoms with van der Waals surface area (Å²) in [5, 5.41) is 0.423. The van der Waals surface area contributed by atoms with E-state index >= 15 is 0 Å². The number of Topliss-reactive ketones (excluding diaryl/α,β-unsaturated/α-hetero) is 1. The lowest BCUT2D eigenvalue weighted by Crippen LogP contribution is -2.24. The summed E-state index contributed by atoms with van der Waals surface area (Å²) in [6.45, 7) is 1.63. The molecule has 0 N–H and O–H groups in total. The maximum atomic E-state index is 12.8. The van der Waals surface area contributed by atoms with Crippen LogP contribution in [0.3, 0.4) is 0 Å². The van der Waals surface area contributed by atoms with E-state index in [4.69, 9.17) is 16.3 Å². The Kier molecular flexibility index (Phi) is 4.78. The Labute approximate surface area is 129 Å². The molecule has 0 bridgehead atoms. The molecule has 0 saturated heterocycles. The lowest BCUT2D eigenvalue weighted by molar-refractivity contribution is 0.0818. The van der Waals surface area contributed by atoms with E-state index in [-0.39, 0.29) is 11.6 Å². The second-order valence-corrected chi connectivity index (χ2v) is 5.53. The number of carbonyl (C=O) groups is 1. The second kappa shape index (κ2) is 6.37. The highest BCUT2D eigenvalue weighted by molar-refractivity contribution is 9.10. The predicted octanol–water partition coefficient (Wildman–Crippen LogP) is 4.89. The minimum Gasteiger partial charge on any atom is -0.481 e. The zero-order chi connectivity index (χ0) is 14.7. The van der Waals surface area contributed by atoms with Crippen molar-refractivity contribution in [3.63, 3.8) is 0 Å². The molecule has 0 saturated carbocycles. The summed E-state index contributed by atoms with van der Waals surface area (Å²) in [6, 6.07) is 10.5. The van der Waals surface area contributed by atoms with E-state index in [1.165, 1.54) is 24.3 Å². The fraction of sp³-hybridized carbons (Fsp3) is 0.133. The Bertz CT molecular complexity index is 628. The van der Waals surface area contributed by atoms with Gasteiger partial charge in [0.15, 0.2) is 6.10 Å². The molecule has 2 rings (SSSR count). The minimum atomic E-state index is -0.715. The largest absolute Gasteiger partial charge is 0.481 e. The van der Waals surface area contributed by atoms with Gasteiger partial charge in [0.25, 0.3) is 0 Å². The first-order valence-corrected chi connectivity index (χ1v) is 7.06. The van der Waals surface area contributed by atoms with Crippen LogP contribution in [0.2, 0.25) is 5.02 Å². The molecule has 0 radical (unpaired) electrons. The van der Waals surface area contributed by atoms with Gasteiger partial charge in [0.1, 0.15) is 11.6 Å². The van der Waals surface area contributed by atoms with Gasteiger partial charge in [-0.3, -0.25) is 4.79 Å². The van der Waals surface area contributed by atoms with Gasteiger partial charge in [0.2, 0.25) is 5.78 Å². The first kappa shape index (κ1) is 15.0. The summed E-state index contributed by atoms with van der Waals surface area (Å²) < 4.78 is 19.2. The molecule has 0 aliphatic rings. The van der Waals surface area contributed by atoms with Crippen LogP contribution in [0.15, 0.2) is 46.9 Å². The van der Waals surface area contributed by atoms with Crippen molar-refractivity contribution < 1.29 is 13.9 Å². The number of benzene rings is 2. The van der Waals surface area contributed by atoms with Gasteiger partial charge in [-0.05, 0) is 49.4 Å². The van der Waals surface area contributed by atoms with Gasteiger partial charge in [-0.1, -0.05) is 27.5 Å². The van der Waals surface area contributed by atoms with Gasteiger partial charge in [-0.2, -0.15) is 0 Å². The molecule has 0 aromatic heterocycles. The van der Waals surface area contributed by atoms with Crippen LogP contribution in [0.25, 0.3) is 0 Å². The van der Waals surface area contributed by atoms with E-state index in [1.807, 2.05) is 0 Å². The molecule has 2 aromatic rings. The second-order valence-electron chi connectivity index (χ2n) is 4.21. The van der Waals surface area contributed by atoms with Crippen molar-refractivity contribution in [3.05, 3.63) is 63.3 Å². The Morgan fingerprint density at radius 3 is 2.55 bits per heavy atom. The van der Waals surface area contributed by atoms with Gasteiger partial charge in [0, 0.05) is 10.0 Å². The zero-order valence-electron chi connectivity index (χ0n) is 10.6. The number of rotatable bonds is 4. The van der Waals surface area contributed by atoms with Gasteiger partial charge in [0.05, 0.1) is 5.02 Å². The quantitative estimate of drug-likeness (QED) is 0.728. The molecule has 1 unspecified atom stereocenters. The fourth-order valence-corrected chi connectivity index (χ4v) is 2.16. The van der Waals surface area contributed by atoms with Gasteiger partial charge < -0.3 is 4.74 Å². The molecule has 0 aliphatic heterocycles. The van der Waals surface area contributed by atoms with E-state index in [0.29, 0.717) is 16.3 Å². The topological polar surface area (TPSA) is 26.3 Å². The summed E-state index contributed by atoms with van der Waals surface area (Å²) >= 11 is 9.32. The first-order valence-electron chi connectivity index (χ1n) is 5.89. The van der Waals surface area contributed by atoms with Gasteiger partial charge in [-0.25, -0.2) is 4.39 Å². The number of carbonyl (C=O) groups excluding carboxylic acids is 1. The van der Waals surface area contributed by atoms with Crippen molar-refractivity contribution in [2.45, 2.75) is 13.0 Å². The third-order valence-electron chi connectivity index (χ3n) is 2.69. The number of halogens is 3. The first-order chi connectivity index (χ1) is 9.47. The molecule has 0 spiro atoms. The highest BCUT2D eigenvalue weighted by atomic mass is 79.9. The zero-order valence-corrected chi connectivity index (χ0v) is 12.9. The number of ether oxygens (including phenoxy) is 1. The van der Waals surface area contributed by atoms with Crippen molar-refractivity contribution in [2.75, 3.05) is 0 Å². The third-order valence-corrected chi connectivity index (χ3v) is 3.50. The number of hydrogen-bond acceptors (Lipinski definition) is 2. The van der Waals surface area contributed by atoms with Crippen LogP contribution in [-0.2, 0) is 0 Å². The normalized spacial score (nSPS) is 12.0. The van der Waals surface area contributed by atoms with Crippen LogP contribution in [-0.4, -0.2) is 11.9 Å². The molecule has 0 heterocycles. The highest BCUT2D eigenvalue weighted by Gasteiger charge is 2.18.